The highest BCUT2D eigenvalue weighted by Gasteiger charge is 2.10. The van der Waals surface area contributed by atoms with Crippen LogP contribution in [0.5, 0.6) is 5.75 Å². The molecule has 0 atom stereocenters. The molecule has 0 bridgehead atoms. The summed E-state index contributed by atoms with van der Waals surface area (Å²) in [7, 11) is 0. The van der Waals surface area contributed by atoms with E-state index < -0.39 is 5.97 Å². The van der Waals surface area contributed by atoms with E-state index in [1.165, 1.54) is 6.07 Å². The summed E-state index contributed by atoms with van der Waals surface area (Å²) in [6, 6.07) is 4.87. The zero-order valence-electron chi connectivity index (χ0n) is 11.1. The molecule has 0 aromatic heterocycles. The van der Waals surface area contributed by atoms with Crippen molar-refractivity contribution >= 4 is 34.5 Å². The Morgan fingerprint density at radius 3 is 2.55 bits per heavy atom. The third-order valence-corrected chi connectivity index (χ3v) is 3.48. The SMILES string of the molecule is O=C(O)CCCCCCNC(=O)c1cc(I)ccc1O. The second-order valence-corrected chi connectivity index (χ2v) is 5.72. The molecule has 0 radical (unpaired) electrons. The first-order chi connectivity index (χ1) is 9.50. The number of hydrogen-bond donors (Lipinski definition) is 3. The summed E-state index contributed by atoms with van der Waals surface area (Å²) in [5.41, 5.74) is 0.280. The summed E-state index contributed by atoms with van der Waals surface area (Å²) < 4.78 is 0.888. The molecule has 0 aliphatic heterocycles. The van der Waals surface area contributed by atoms with Gasteiger partial charge in [0.1, 0.15) is 5.75 Å². The van der Waals surface area contributed by atoms with Gasteiger partial charge < -0.3 is 15.5 Å². The number of aromatic hydroxyl groups is 1. The molecule has 0 unspecified atom stereocenters. The molecule has 1 rings (SSSR count). The largest absolute Gasteiger partial charge is 0.507 e. The number of hydrogen-bond acceptors (Lipinski definition) is 3. The normalized spacial score (nSPS) is 10.2. The van der Waals surface area contributed by atoms with E-state index in [0.717, 1.165) is 22.8 Å². The average Bonchev–Trinajstić information content (AvgIpc) is 2.39. The van der Waals surface area contributed by atoms with Crippen molar-refractivity contribution in [3.63, 3.8) is 0 Å². The van der Waals surface area contributed by atoms with E-state index in [4.69, 9.17) is 5.11 Å². The maximum absolute atomic E-state index is 11.8. The van der Waals surface area contributed by atoms with Crippen molar-refractivity contribution < 1.29 is 19.8 Å². The number of carbonyl (C=O) groups excluding carboxylic acids is 1. The number of halogens is 1. The second kappa shape index (κ2) is 8.78. The zero-order chi connectivity index (χ0) is 15.0. The summed E-state index contributed by atoms with van der Waals surface area (Å²) in [5, 5.41) is 20.8. The van der Waals surface area contributed by atoms with Crippen LogP contribution in [0.15, 0.2) is 18.2 Å². The Labute approximate surface area is 131 Å². The summed E-state index contributed by atoms with van der Waals surface area (Å²) in [4.78, 5) is 22.2. The van der Waals surface area contributed by atoms with Crippen LogP contribution in [0.1, 0.15) is 42.5 Å². The molecule has 3 N–H and O–H groups in total. The molecule has 0 saturated heterocycles. The molecular formula is C14H18INO4. The van der Waals surface area contributed by atoms with Gasteiger partial charge >= 0.3 is 5.97 Å². The maximum atomic E-state index is 11.8. The lowest BCUT2D eigenvalue weighted by atomic mass is 10.1. The third kappa shape index (κ3) is 6.23. The fraction of sp³-hybridized carbons (Fsp3) is 0.429. The number of carboxylic acid groups (broad SMARTS) is 1. The average molecular weight is 391 g/mol. The van der Waals surface area contributed by atoms with Gasteiger partial charge in [-0.05, 0) is 53.6 Å². The second-order valence-electron chi connectivity index (χ2n) is 4.48. The fourth-order valence-corrected chi connectivity index (χ4v) is 2.23. The number of unbranched alkanes of at least 4 members (excludes halogenated alkanes) is 3. The van der Waals surface area contributed by atoms with Crippen LogP contribution in [0.2, 0.25) is 0 Å². The summed E-state index contributed by atoms with van der Waals surface area (Å²) >= 11 is 2.08. The van der Waals surface area contributed by atoms with Gasteiger partial charge in [0.15, 0.2) is 0 Å². The number of benzene rings is 1. The van der Waals surface area contributed by atoms with E-state index in [1.807, 2.05) is 0 Å². The highest BCUT2D eigenvalue weighted by atomic mass is 127. The van der Waals surface area contributed by atoms with Gasteiger partial charge in [-0.25, -0.2) is 0 Å². The van der Waals surface area contributed by atoms with Crippen LogP contribution in [0, 0.1) is 3.57 Å². The van der Waals surface area contributed by atoms with Crippen LogP contribution >= 0.6 is 22.6 Å². The van der Waals surface area contributed by atoms with E-state index in [0.29, 0.717) is 13.0 Å². The van der Waals surface area contributed by atoms with Gasteiger partial charge in [-0.2, -0.15) is 0 Å². The molecule has 110 valence electrons. The lowest BCUT2D eigenvalue weighted by Gasteiger charge is -2.07. The Morgan fingerprint density at radius 2 is 1.85 bits per heavy atom. The number of nitrogens with one attached hydrogen (secondary N) is 1. The van der Waals surface area contributed by atoms with E-state index >= 15 is 0 Å². The smallest absolute Gasteiger partial charge is 0.303 e. The predicted molar refractivity (Wildman–Crippen MR) is 83.9 cm³/mol. The minimum Gasteiger partial charge on any atom is -0.507 e. The van der Waals surface area contributed by atoms with Crippen molar-refractivity contribution in [2.75, 3.05) is 6.54 Å². The van der Waals surface area contributed by atoms with E-state index in [1.54, 1.807) is 12.1 Å². The Bertz CT molecular complexity index is 476. The molecule has 0 spiro atoms. The molecular weight excluding hydrogens is 373 g/mol. The van der Waals surface area contributed by atoms with E-state index in [9.17, 15) is 14.7 Å². The third-order valence-electron chi connectivity index (χ3n) is 2.81. The molecule has 6 heteroatoms. The molecule has 0 heterocycles. The lowest BCUT2D eigenvalue weighted by molar-refractivity contribution is -0.137. The number of carboxylic acids is 1. The molecule has 1 amide bonds. The lowest BCUT2D eigenvalue weighted by Crippen LogP contribution is -2.24. The number of phenolic OH excluding ortho intramolecular Hbond substituents is 1. The quantitative estimate of drug-likeness (QED) is 0.470. The Balaban J connectivity index is 2.23. The van der Waals surface area contributed by atoms with E-state index in [-0.39, 0.29) is 23.6 Å². The van der Waals surface area contributed by atoms with Crippen molar-refractivity contribution in [1.29, 1.82) is 0 Å². The van der Waals surface area contributed by atoms with Crippen LogP contribution in [0.4, 0.5) is 0 Å². The first-order valence-corrected chi connectivity index (χ1v) is 7.57. The Hall–Kier alpha value is -1.31. The van der Waals surface area contributed by atoms with Gasteiger partial charge in [-0.1, -0.05) is 12.8 Å². The first kappa shape index (κ1) is 16.7. The van der Waals surface area contributed by atoms with Gasteiger partial charge in [0, 0.05) is 16.5 Å². The van der Waals surface area contributed by atoms with Gasteiger partial charge in [-0.15, -0.1) is 0 Å². The van der Waals surface area contributed by atoms with Crippen LogP contribution < -0.4 is 5.32 Å². The highest BCUT2D eigenvalue weighted by Crippen LogP contribution is 2.19. The molecule has 0 aliphatic rings. The van der Waals surface area contributed by atoms with Crippen LogP contribution in [0.25, 0.3) is 0 Å². The molecule has 0 saturated carbocycles. The molecule has 0 aliphatic carbocycles. The van der Waals surface area contributed by atoms with Gasteiger partial charge in [0.25, 0.3) is 5.91 Å². The van der Waals surface area contributed by atoms with Gasteiger partial charge in [0.05, 0.1) is 5.56 Å². The molecule has 1 aromatic rings. The Morgan fingerprint density at radius 1 is 1.15 bits per heavy atom. The van der Waals surface area contributed by atoms with Crippen LogP contribution in [-0.4, -0.2) is 28.6 Å². The fourth-order valence-electron chi connectivity index (χ4n) is 1.74. The minimum absolute atomic E-state index is 0.0237. The number of carbonyl (C=O) groups is 2. The predicted octanol–water partition coefficient (Wildman–Crippen LogP) is 2.76. The standard InChI is InChI=1S/C14H18INO4/c15-10-6-7-12(17)11(9-10)14(20)16-8-4-2-1-3-5-13(18)19/h6-7,9,17H,1-5,8H2,(H,16,20)(H,18,19). The van der Waals surface area contributed by atoms with Crippen molar-refractivity contribution in [3.8, 4) is 5.75 Å². The van der Waals surface area contributed by atoms with Crippen molar-refractivity contribution in [1.82, 2.24) is 5.32 Å². The van der Waals surface area contributed by atoms with Crippen molar-refractivity contribution in [3.05, 3.63) is 27.3 Å². The number of rotatable bonds is 8. The number of aliphatic carboxylic acids is 1. The van der Waals surface area contributed by atoms with Gasteiger partial charge in [0.2, 0.25) is 0 Å². The van der Waals surface area contributed by atoms with Crippen molar-refractivity contribution in [2.45, 2.75) is 32.1 Å². The van der Waals surface area contributed by atoms with E-state index in [2.05, 4.69) is 27.9 Å². The molecule has 0 fully saturated rings. The highest BCUT2D eigenvalue weighted by molar-refractivity contribution is 14.1. The van der Waals surface area contributed by atoms with Crippen molar-refractivity contribution in [2.24, 2.45) is 0 Å². The van der Waals surface area contributed by atoms with Crippen LogP contribution in [0.3, 0.4) is 0 Å². The molecule has 1 aromatic carbocycles. The first-order valence-electron chi connectivity index (χ1n) is 6.49. The summed E-state index contributed by atoms with van der Waals surface area (Å²) in [5.74, 6) is -1.08. The molecule has 20 heavy (non-hydrogen) atoms. The summed E-state index contributed by atoms with van der Waals surface area (Å²) in [6.45, 7) is 0.525. The molecule has 5 nitrogen and oxygen atoms in total. The Kier molecular flexibility index (Phi) is 7.35. The maximum Gasteiger partial charge on any atom is 0.303 e. The van der Waals surface area contributed by atoms with Crippen LogP contribution in [-0.2, 0) is 4.79 Å². The number of phenols is 1. The minimum atomic E-state index is -0.771. The zero-order valence-corrected chi connectivity index (χ0v) is 13.2. The van der Waals surface area contributed by atoms with Gasteiger partial charge in [-0.3, -0.25) is 9.59 Å². The monoisotopic (exact) mass is 391 g/mol. The topological polar surface area (TPSA) is 86.6 Å². The summed E-state index contributed by atoms with van der Waals surface area (Å²) in [6.07, 6.45) is 3.39. The number of amides is 1.